The Morgan fingerprint density at radius 3 is 2.29 bits per heavy atom. The van der Waals surface area contributed by atoms with Crippen LogP contribution < -0.4 is 5.73 Å². The number of rotatable bonds is 2. The molecule has 0 aromatic heterocycles. The summed E-state index contributed by atoms with van der Waals surface area (Å²) in [4.78, 5) is 17.3. The Balaban J connectivity index is 0.00000110. The Morgan fingerprint density at radius 1 is 0.952 bits per heavy atom. The van der Waals surface area contributed by atoms with E-state index in [0.29, 0.717) is 11.9 Å². The molecule has 3 aliphatic rings. The van der Waals surface area contributed by atoms with Crippen LogP contribution in [0.25, 0.3) is 0 Å². The largest absolute Gasteiger partial charge is 0.341 e. The first-order valence-corrected chi connectivity index (χ1v) is 8.02. The van der Waals surface area contributed by atoms with E-state index in [1.165, 1.54) is 38.8 Å². The van der Waals surface area contributed by atoms with Gasteiger partial charge in [0.05, 0.1) is 0 Å². The molecule has 3 fully saturated rings. The van der Waals surface area contributed by atoms with E-state index in [-0.39, 0.29) is 36.8 Å². The van der Waals surface area contributed by atoms with Gasteiger partial charge in [-0.05, 0) is 58.0 Å². The highest BCUT2D eigenvalue weighted by molar-refractivity contribution is 5.85. The van der Waals surface area contributed by atoms with Crippen LogP contribution in [0.3, 0.4) is 0 Å². The molecule has 1 amide bonds. The number of nitrogens with two attached hydrogens (primary N) is 1. The molecular formula is C15H29Cl2N3O. The summed E-state index contributed by atoms with van der Waals surface area (Å²) < 4.78 is 0. The Kier molecular flexibility index (Phi) is 7.75. The third kappa shape index (κ3) is 4.47. The molecule has 0 bridgehead atoms. The van der Waals surface area contributed by atoms with E-state index < -0.39 is 0 Å². The van der Waals surface area contributed by atoms with Gasteiger partial charge in [0, 0.05) is 31.1 Å². The van der Waals surface area contributed by atoms with Crippen molar-refractivity contribution in [1.29, 1.82) is 0 Å². The van der Waals surface area contributed by atoms with Crippen molar-refractivity contribution in [2.45, 2.75) is 57.0 Å². The van der Waals surface area contributed by atoms with Crippen LogP contribution in [0.1, 0.15) is 44.9 Å². The molecule has 1 aliphatic carbocycles. The standard InChI is InChI=1S/C15H27N3O.2ClH/c16-13-6-5-12(10-13)15(19)18-9-3-4-14(11-18)17-7-1-2-8-17;;/h12-14H,1-11,16H2;2*1H. The Bertz CT molecular complexity index is 337. The van der Waals surface area contributed by atoms with Crippen molar-refractivity contribution in [3.8, 4) is 0 Å². The molecule has 3 unspecified atom stereocenters. The lowest BCUT2D eigenvalue weighted by atomic mass is 10.0. The van der Waals surface area contributed by atoms with Gasteiger partial charge in [-0.25, -0.2) is 0 Å². The fourth-order valence-electron chi connectivity index (χ4n) is 4.06. The van der Waals surface area contributed by atoms with Crippen molar-refractivity contribution in [2.75, 3.05) is 26.2 Å². The molecule has 6 heteroatoms. The second-order valence-electron chi connectivity index (χ2n) is 6.59. The summed E-state index contributed by atoms with van der Waals surface area (Å²) in [6, 6.07) is 0.878. The maximum Gasteiger partial charge on any atom is 0.225 e. The average Bonchev–Trinajstić information content (AvgIpc) is 3.09. The summed E-state index contributed by atoms with van der Waals surface area (Å²) in [5.41, 5.74) is 5.94. The van der Waals surface area contributed by atoms with Gasteiger partial charge in [0.15, 0.2) is 0 Å². The summed E-state index contributed by atoms with van der Waals surface area (Å²) in [7, 11) is 0. The molecule has 2 heterocycles. The lowest BCUT2D eigenvalue weighted by Gasteiger charge is -2.38. The number of halogens is 2. The van der Waals surface area contributed by atoms with E-state index in [4.69, 9.17) is 5.73 Å². The van der Waals surface area contributed by atoms with Crippen LogP contribution in [-0.4, -0.2) is 54.0 Å². The molecule has 3 atom stereocenters. The number of likely N-dealkylation sites (tertiary alicyclic amines) is 2. The Morgan fingerprint density at radius 2 is 1.67 bits per heavy atom. The minimum Gasteiger partial charge on any atom is -0.341 e. The van der Waals surface area contributed by atoms with Gasteiger partial charge >= 0.3 is 0 Å². The molecule has 0 aromatic rings. The summed E-state index contributed by atoms with van der Waals surface area (Å²) in [6.45, 7) is 4.40. The van der Waals surface area contributed by atoms with Gasteiger partial charge in [-0.1, -0.05) is 0 Å². The molecule has 4 nitrogen and oxygen atoms in total. The van der Waals surface area contributed by atoms with Crippen molar-refractivity contribution in [3.05, 3.63) is 0 Å². The number of hydrogen-bond donors (Lipinski definition) is 1. The van der Waals surface area contributed by atoms with Crippen molar-refractivity contribution in [3.63, 3.8) is 0 Å². The topological polar surface area (TPSA) is 49.6 Å². The van der Waals surface area contributed by atoms with Gasteiger partial charge in [-0.2, -0.15) is 0 Å². The predicted octanol–water partition coefficient (Wildman–Crippen LogP) is 2.04. The van der Waals surface area contributed by atoms with E-state index in [1.807, 2.05) is 0 Å². The highest BCUT2D eigenvalue weighted by Gasteiger charge is 2.34. The smallest absolute Gasteiger partial charge is 0.225 e. The van der Waals surface area contributed by atoms with Crippen LogP contribution in [0.5, 0.6) is 0 Å². The van der Waals surface area contributed by atoms with Crippen molar-refractivity contribution in [1.82, 2.24) is 9.80 Å². The third-order valence-electron chi connectivity index (χ3n) is 5.19. The second-order valence-corrected chi connectivity index (χ2v) is 6.59. The van der Waals surface area contributed by atoms with E-state index in [2.05, 4.69) is 9.80 Å². The molecule has 21 heavy (non-hydrogen) atoms. The zero-order valence-corrected chi connectivity index (χ0v) is 14.3. The number of piperidine rings is 1. The number of hydrogen-bond acceptors (Lipinski definition) is 3. The summed E-state index contributed by atoms with van der Waals surface area (Å²) in [5, 5.41) is 0. The van der Waals surface area contributed by atoms with Crippen LogP contribution >= 0.6 is 24.8 Å². The lowest BCUT2D eigenvalue weighted by Crippen LogP contribution is -2.50. The first-order chi connectivity index (χ1) is 9.24. The molecule has 0 spiro atoms. The van der Waals surface area contributed by atoms with Gasteiger partial charge in [0.2, 0.25) is 5.91 Å². The van der Waals surface area contributed by atoms with Crippen LogP contribution in [0.4, 0.5) is 0 Å². The first kappa shape index (κ1) is 19.0. The van der Waals surface area contributed by atoms with E-state index in [0.717, 1.165) is 32.4 Å². The SMILES string of the molecule is Cl.Cl.NC1CCC(C(=O)N2CCCC(N3CCCC3)C2)C1. The maximum absolute atomic E-state index is 12.6. The van der Waals surface area contributed by atoms with Crippen LogP contribution in [0.15, 0.2) is 0 Å². The average molecular weight is 338 g/mol. The molecular weight excluding hydrogens is 309 g/mol. The first-order valence-electron chi connectivity index (χ1n) is 8.02. The van der Waals surface area contributed by atoms with Gasteiger partial charge in [0.25, 0.3) is 0 Å². The maximum atomic E-state index is 12.6. The van der Waals surface area contributed by atoms with Crippen molar-refractivity contribution in [2.24, 2.45) is 11.7 Å². The Labute approximate surface area is 140 Å². The normalized spacial score (nSPS) is 33.4. The van der Waals surface area contributed by atoms with E-state index >= 15 is 0 Å². The van der Waals surface area contributed by atoms with Gasteiger partial charge in [-0.15, -0.1) is 24.8 Å². The molecule has 2 saturated heterocycles. The molecule has 0 radical (unpaired) electrons. The van der Waals surface area contributed by atoms with Gasteiger partial charge in [0.1, 0.15) is 0 Å². The molecule has 2 aliphatic heterocycles. The monoisotopic (exact) mass is 337 g/mol. The second kappa shape index (κ2) is 8.56. The van der Waals surface area contributed by atoms with Crippen LogP contribution in [0, 0.1) is 5.92 Å². The zero-order valence-electron chi connectivity index (χ0n) is 12.7. The van der Waals surface area contributed by atoms with E-state index in [9.17, 15) is 4.79 Å². The molecule has 1 saturated carbocycles. The molecule has 3 rings (SSSR count). The molecule has 124 valence electrons. The van der Waals surface area contributed by atoms with Gasteiger partial charge in [-0.3, -0.25) is 9.69 Å². The number of nitrogens with zero attached hydrogens (tertiary/aromatic N) is 2. The number of carbonyl (C=O) groups excluding carboxylic acids is 1. The molecule has 2 N–H and O–H groups in total. The predicted molar refractivity (Wildman–Crippen MR) is 90.2 cm³/mol. The summed E-state index contributed by atoms with van der Waals surface area (Å²) >= 11 is 0. The summed E-state index contributed by atoms with van der Waals surface area (Å²) in [6.07, 6.45) is 8.05. The fraction of sp³-hybridized carbons (Fsp3) is 0.933. The number of carbonyl (C=O) groups is 1. The number of amides is 1. The Hall–Kier alpha value is -0.0300. The van der Waals surface area contributed by atoms with Crippen molar-refractivity contribution >= 4 is 30.7 Å². The van der Waals surface area contributed by atoms with Crippen molar-refractivity contribution < 1.29 is 4.79 Å². The summed E-state index contributed by atoms with van der Waals surface area (Å²) in [5.74, 6) is 0.601. The highest BCUT2D eigenvalue weighted by Crippen LogP contribution is 2.28. The van der Waals surface area contributed by atoms with Crippen LogP contribution in [-0.2, 0) is 4.79 Å². The van der Waals surface area contributed by atoms with Crippen LogP contribution in [0.2, 0.25) is 0 Å². The molecule has 0 aromatic carbocycles. The fourth-order valence-corrected chi connectivity index (χ4v) is 4.06. The van der Waals surface area contributed by atoms with E-state index in [1.54, 1.807) is 0 Å². The quantitative estimate of drug-likeness (QED) is 0.838. The lowest BCUT2D eigenvalue weighted by molar-refractivity contribution is -0.137. The zero-order chi connectivity index (χ0) is 13.2. The third-order valence-corrected chi connectivity index (χ3v) is 5.19. The minimum absolute atomic E-state index is 0. The van der Waals surface area contributed by atoms with Gasteiger partial charge < -0.3 is 10.6 Å². The minimum atomic E-state index is 0. The highest BCUT2D eigenvalue weighted by atomic mass is 35.5.